The lowest BCUT2D eigenvalue weighted by Crippen LogP contribution is -2.35. The number of Topliss-reactive ketones (excluding diaryl/α,β-unsaturated/α-hetero) is 1. The van der Waals surface area contributed by atoms with Gasteiger partial charge in [-0.05, 0) is 55.5 Å². The van der Waals surface area contributed by atoms with Gasteiger partial charge in [0.2, 0.25) is 17.6 Å². The zero-order valence-electron chi connectivity index (χ0n) is 24.7. The molecule has 1 aromatic carbocycles. The van der Waals surface area contributed by atoms with Gasteiger partial charge in [-0.15, -0.1) is 10.2 Å². The molecule has 0 spiro atoms. The van der Waals surface area contributed by atoms with E-state index in [-0.39, 0.29) is 23.0 Å². The van der Waals surface area contributed by atoms with E-state index in [1.165, 1.54) is 11.1 Å². The van der Waals surface area contributed by atoms with Crippen LogP contribution in [0.4, 0.5) is 11.6 Å². The van der Waals surface area contributed by atoms with Crippen molar-refractivity contribution in [1.29, 1.82) is 0 Å². The van der Waals surface area contributed by atoms with Gasteiger partial charge in [-0.25, -0.2) is 9.97 Å². The smallest absolute Gasteiger partial charge is 0.284 e. The predicted molar refractivity (Wildman–Crippen MR) is 158 cm³/mol. The summed E-state index contributed by atoms with van der Waals surface area (Å²) in [6.45, 7) is 12.0. The van der Waals surface area contributed by atoms with Crippen molar-refractivity contribution < 1.29 is 13.9 Å². The first-order chi connectivity index (χ1) is 20.3. The Labute approximate surface area is 245 Å². The van der Waals surface area contributed by atoms with Crippen LogP contribution in [0.5, 0.6) is 0 Å². The van der Waals surface area contributed by atoms with Gasteiger partial charge < -0.3 is 14.5 Å². The number of hydrogen-bond donors (Lipinski definition) is 1. The Morgan fingerprint density at radius 3 is 2.79 bits per heavy atom. The average molecular weight is 571 g/mol. The van der Waals surface area contributed by atoms with Gasteiger partial charge in [0.15, 0.2) is 0 Å². The highest BCUT2D eigenvalue weighted by atomic mass is 16.5. The Morgan fingerprint density at radius 1 is 1.17 bits per heavy atom. The molecule has 2 aliphatic rings. The maximum Gasteiger partial charge on any atom is 0.284 e. The van der Waals surface area contributed by atoms with E-state index in [2.05, 4.69) is 48.7 Å². The normalized spacial score (nSPS) is 19.4. The van der Waals surface area contributed by atoms with Gasteiger partial charge in [0, 0.05) is 55.5 Å². The number of nitrogens with zero attached hydrogens (tertiary/aromatic N) is 7. The van der Waals surface area contributed by atoms with Crippen LogP contribution in [0.3, 0.4) is 0 Å². The molecule has 3 aromatic heterocycles. The Hall–Kier alpha value is -3.96. The Morgan fingerprint density at radius 2 is 2.05 bits per heavy atom. The fraction of sp³-hybridized carbons (Fsp3) is 0.484. The van der Waals surface area contributed by atoms with Crippen molar-refractivity contribution in [3.63, 3.8) is 0 Å². The summed E-state index contributed by atoms with van der Waals surface area (Å²) in [5.41, 5.74) is 4.75. The minimum Gasteiger partial charge on any atom is -0.418 e. The molecule has 5 heterocycles. The lowest BCUT2D eigenvalue weighted by molar-refractivity contribution is 0.0931. The lowest BCUT2D eigenvalue weighted by Gasteiger charge is -2.26. The first-order valence-corrected chi connectivity index (χ1v) is 14.7. The number of carbonyl (C=O) groups excluding carboxylic acids is 1. The van der Waals surface area contributed by atoms with Crippen LogP contribution in [0.2, 0.25) is 0 Å². The van der Waals surface area contributed by atoms with Crippen LogP contribution in [0.15, 0.2) is 47.3 Å². The average Bonchev–Trinajstić information content (AvgIpc) is 3.75. The van der Waals surface area contributed by atoms with E-state index in [9.17, 15) is 4.79 Å². The van der Waals surface area contributed by atoms with Gasteiger partial charge in [-0.2, -0.15) is 5.10 Å². The van der Waals surface area contributed by atoms with Gasteiger partial charge in [-0.1, -0.05) is 32.9 Å². The Kier molecular flexibility index (Phi) is 7.87. The molecule has 1 N–H and O–H groups in total. The summed E-state index contributed by atoms with van der Waals surface area (Å²) >= 11 is 0. The van der Waals surface area contributed by atoms with Gasteiger partial charge in [-0.3, -0.25) is 14.4 Å². The summed E-state index contributed by atoms with van der Waals surface area (Å²) in [6, 6.07) is 8.76. The van der Waals surface area contributed by atoms with Crippen molar-refractivity contribution in [2.75, 3.05) is 25.1 Å². The minimum atomic E-state index is -0.311. The largest absolute Gasteiger partial charge is 0.418 e. The molecule has 0 aliphatic carbocycles. The summed E-state index contributed by atoms with van der Waals surface area (Å²) in [6.07, 6.45) is 7.66. The van der Waals surface area contributed by atoms with E-state index >= 15 is 0 Å². The molecule has 0 bridgehead atoms. The van der Waals surface area contributed by atoms with Crippen LogP contribution >= 0.6 is 0 Å². The second-order valence-electron chi connectivity index (χ2n) is 12.2. The number of anilines is 2. The first kappa shape index (κ1) is 28.2. The quantitative estimate of drug-likeness (QED) is 0.285. The molecule has 2 unspecified atom stereocenters. The SMILES string of the molecule is CCn1cc(Nc2nccc(-c3ccc4c(c3)CN(C3CCOC3)CCC4CC(=O)c3nnc(C(C)(C)C)o3)n2)cn1. The van der Waals surface area contributed by atoms with Crippen LogP contribution in [0.1, 0.15) is 80.6 Å². The summed E-state index contributed by atoms with van der Waals surface area (Å²) in [5.74, 6) is 1.00. The zero-order valence-corrected chi connectivity index (χ0v) is 24.7. The highest BCUT2D eigenvalue weighted by molar-refractivity contribution is 5.92. The molecule has 2 aliphatic heterocycles. The van der Waals surface area contributed by atoms with E-state index in [0.29, 0.717) is 24.3 Å². The third kappa shape index (κ3) is 6.12. The molecular formula is C31H38N8O3. The highest BCUT2D eigenvalue weighted by Gasteiger charge is 2.32. The van der Waals surface area contributed by atoms with E-state index < -0.39 is 0 Å². The second-order valence-corrected chi connectivity index (χ2v) is 12.2. The number of carbonyl (C=O) groups is 1. The molecule has 220 valence electrons. The third-order valence-corrected chi connectivity index (χ3v) is 8.04. The van der Waals surface area contributed by atoms with E-state index in [0.717, 1.165) is 62.6 Å². The molecule has 4 aromatic rings. The van der Waals surface area contributed by atoms with Crippen molar-refractivity contribution in [3.8, 4) is 11.3 Å². The summed E-state index contributed by atoms with van der Waals surface area (Å²) in [4.78, 5) is 25.1. The molecule has 6 rings (SSSR count). The Bertz CT molecular complexity index is 1550. The molecule has 2 atom stereocenters. The number of ether oxygens (including phenoxy) is 1. The van der Waals surface area contributed by atoms with Crippen molar-refractivity contribution in [2.24, 2.45) is 0 Å². The lowest BCUT2D eigenvalue weighted by atomic mass is 9.87. The number of nitrogens with one attached hydrogen (secondary N) is 1. The molecule has 0 saturated carbocycles. The molecule has 1 fully saturated rings. The van der Waals surface area contributed by atoms with Crippen molar-refractivity contribution in [3.05, 3.63) is 65.8 Å². The Balaban J connectivity index is 1.28. The number of aromatic nitrogens is 6. The van der Waals surface area contributed by atoms with Crippen molar-refractivity contribution in [1.82, 2.24) is 34.8 Å². The monoisotopic (exact) mass is 570 g/mol. The second kappa shape index (κ2) is 11.7. The van der Waals surface area contributed by atoms with Gasteiger partial charge in [0.1, 0.15) is 0 Å². The summed E-state index contributed by atoms with van der Waals surface area (Å²) in [7, 11) is 0. The van der Waals surface area contributed by atoms with E-state index in [1.807, 2.05) is 44.6 Å². The molecule has 0 amide bonds. The number of rotatable bonds is 8. The predicted octanol–water partition coefficient (Wildman–Crippen LogP) is 5.14. The zero-order chi connectivity index (χ0) is 29.3. The fourth-order valence-electron chi connectivity index (χ4n) is 5.67. The third-order valence-electron chi connectivity index (χ3n) is 8.04. The minimum absolute atomic E-state index is 0.0385. The highest BCUT2D eigenvalue weighted by Crippen LogP contribution is 2.36. The topological polar surface area (TPSA) is 124 Å². The maximum atomic E-state index is 13.3. The molecular weight excluding hydrogens is 532 g/mol. The van der Waals surface area contributed by atoms with E-state index in [1.54, 1.807) is 12.4 Å². The summed E-state index contributed by atoms with van der Waals surface area (Å²) < 4.78 is 13.4. The van der Waals surface area contributed by atoms with Gasteiger partial charge >= 0.3 is 0 Å². The van der Waals surface area contributed by atoms with Crippen LogP contribution in [0.25, 0.3) is 11.3 Å². The number of ketones is 1. The van der Waals surface area contributed by atoms with Crippen molar-refractivity contribution in [2.45, 2.75) is 77.4 Å². The maximum absolute atomic E-state index is 13.3. The van der Waals surface area contributed by atoms with E-state index in [4.69, 9.17) is 14.1 Å². The number of hydrogen-bond acceptors (Lipinski definition) is 10. The van der Waals surface area contributed by atoms with Crippen LogP contribution < -0.4 is 5.32 Å². The molecule has 42 heavy (non-hydrogen) atoms. The molecule has 1 saturated heterocycles. The molecule has 11 heteroatoms. The van der Waals surface area contributed by atoms with Crippen molar-refractivity contribution >= 4 is 17.4 Å². The first-order valence-electron chi connectivity index (χ1n) is 14.7. The molecule has 11 nitrogen and oxygen atoms in total. The number of benzene rings is 1. The van der Waals surface area contributed by atoms with Gasteiger partial charge in [0.05, 0.1) is 24.2 Å². The van der Waals surface area contributed by atoms with Gasteiger partial charge in [0.25, 0.3) is 5.89 Å². The number of fused-ring (bicyclic) bond motifs is 1. The number of aryl methyl sites for hydroxylation is 1. The standard InChI is InChI=1S/C31H38N8O3/c1-5-39-18-23(16-33-39)34-30-32-11-8-26(35-30)21-6-7-25-20(15-27(40)28-36-37-29(42-28)31(2,3)4)9-12-38(17-22(25)14-21)24-10-13-41-19-24/h6-8,11,14,16,18,20,24H,5,9-10,12-13,15,17,19H2,1-4H3,(H,32,34,35). The van der Waals surface area contributed by atoms with Crippen LogP contribution in [0, 0.1) is 0 Å². The summed E-state index contributed by atoms with van der Waals surface area (Å²) in [5, 5.41) is 15.8. The molecule has 0 radical (unpaired) electrons. The van der Waals surface area contributed by atoms with Crippen LogP contribution in [-0.4, -0.2) is 66.4 Å². The fourth-order valence-corrected chi connectivity index (χ4v) is 5.67. The van der Waals surface area contributed by atoms with Crippen LogP contribution in [-0.2, 0) is 23.2 Å².